The summed E-state index contributed by atoms with van der Waals surface area (Å²) in [7, 11) is 0. The van der Waals surface area contributed by atoms with Gasteiger partial charge in [-0.15, -0.1) is 0 Å². The number of hydrogen-bond donors (Lipinski definition) is 3. The van der Waals surface area contributed by atoms with Crippen LogP contribution < -0.4 is 11.1 Å². The van der Waals surface area contributed by atoms with Crippen LogP contribution in [0.3, 0.4) is 0 Å². The number of nitrogens with one attached hydrogen (secondary N) is 1. The van der Waals surface area contributed by atoms with Gasteiger partial charge in [-0.1, -0.05) is 0 Å². The maximum absolute atomic E-state index is 12.3. The molecule has 0 aliphatic carbocycles. The maximum Gasteiger partial charge on any atom is 0.328 e. The van der Waals surface area contributed by atoms with Gasteiger partial charge in [0.05, 0.1) is 5.92 Å². The molecule has 0 aromatic carbocycles. The fourth-order valence-electron chi connectivity index (χ4n) is 2.41. The number of urea groups is 1. The Balaban J connectivity index is 2.08. The first-order valence-corrected chi connectivity index (χ1v) is 6.24. The normalized spacial score (nSPS) is 26.3. The van der Waals surface area contributed by atoms with Crippen molar-refractivity contribution in [2.45, 2.75) is 12.5 Å². The smallest absolute Gasteiger partial charge is 0.328 e. The largest absolute Gasteiger partial charge is 0.480 e. The average Bonchev–Trinajstić information content (AvgIpc) is 2.87. The number of carboxylic acids is 1. The van der Waals surface area contributed by atoms with Crippen molar-refractivity contribution < 1.29 is 24.3 Å². The van der Waals surface area contributed by atoms with E-state index >= 15 is 0 Å². The number of rotatable bonds is 2. The molecule has 4 amide bonds. The summed E-state index contributed by atoms with van der Waals surface area (Å²) < 4.78 is 0. The molecule has 0 aromatic heterocycles. The summed E-state index contributed by atoms with van der Waals surface area (Å²) in [4.78, 5) is 48.2. The number of nitrogens with two attached hydrogens (primary N) is 1. The molecule has 0 aromatic rings. The molecule has 0 spiro atoms. The van der Waals surface area contributed by atoms with Gasteiger partial charge in [0.15, 0.2) is 0 Å². The lowest BCUT2D eigenvalue weighted by molar-refractivity contribution is -0.144. The van der Waals surface area contributed by atoms with Crippen LogP contribution in [0.4, 0.5) is 4.79 Å². The van der Waals surface area contributed by atoms with Gasteiger partial charge in [0.1, 0.15) is 12.6 Å². The van der Waals surface area contributed by atoms with Gasteiger partial charge >= 0.3 is 12.0 Å². The second kappa shape index (κ2) is 5.35. The first kappa shape index (κ1) is 14.1. The minimum Gasteiger partial charge on any atom is -0.480 e. The van der Waals surface area contributed by atoms with Crippen molar-refractivity contribution in [3.8, 4) is 0 Å². The third-order valence-electron chi connectivity index (χ3n) is 3.57. The lowest BCUT2D eigenvalue weighted by atomic mass is 10.1. The van der Waals surface area contributed by atoms with Gasteiger partial charge in [-0.25, -0.2) is 9.59 Å². The number of carbonyl (C=O) groups is 4. The SMILES string of the molecule is NC(=O)C1CCN(C(=O)N2CC(=O)NCC2C(=O)O)C1. The highest BCUT2D eigenvalue weighted by molar-refractivity contribution is 5.91. The fraction of sp³-hybridized carbons (Fsp3) is 0.636. The molecule has 0 radical (unpaired) electrons. The second-order valence-corrected chi connectivity index (χ2v) is 4.90. The molecule has 9 nitrogen and oxygen atoms in total. The van der Waals surface area contributed by atoms with Crippen molar-refractivity contribution in [2.24, 2.45) is 11.7 Å². The van der Waals surface area contributed by atoms with Gasteiger partial charge in [-0.2, -0.15) is 0 Å². The van der Waals surface area contributed by atoms with E-state index in [9.17, 15) is 19.2 Å². The molecule has 2 unspecified atom stereocenters. The Kier molecular flexibility index (Phi) is 3.77. The monoisotopic (exact) mass is 284 g/mol. The summed E-state index contributed by atoms with van der Waals surface area (Å²) in [5.41, 5.74) is 5.19. The second-order valence-electron chi connectivity index (χ2n) is 4.90. The Morgan fingerprint density at radius 3 is 2.60 bits per heavy atom. The molecule has 2 fully saturated rings. The quantitative estimate of drug-likeness (QED) is 0.529. The summed E-state index contributed by atoms with van der Waals surface area (Å²) in [6, 6.07) is -1.64. The molecule has 2 rings (SSSR count). The van der Waals surface area contributed by atoms with Crippen molar-refractivity contribution in [1.82, 2.24) is 15.1 Å². The Morgan fingerprint density at radius 1 is 1.35 bits per heavy atom. The topological polar surface area (TPSA) is 133 Å². The molecule has 0 bridgehead atoms. The van der Waals surface area contributed by atoms with Crippen LogP contribution >= 0.6 is 0 Å². The van der Waals surface area contributed by atoms with E-state index in [1.165, 1.54) is 4.90 Å². The number of carboxylic acid groups (broad SMARTS) is 1. The van der Waals surface area contributed by atoms with Gasteiger partial charge in [-0.3, -0.25) is 14.5 Å². The number of aliphatic carboxylic acids is 1. The summed E-state index contributed by atoms with van der Waals surface area (Å²) in [6.45, 7) is 0.0794. The highest BCUT2D eigenvalue weighted by Gasteiger charge is 2.39. The van der Waals surface area contributed by atoms with E-state index in [2.05, 4.69) is 5.32 Å². The molecular formula is C11H16N4O5. The molecule has 2 aliphatic rings. The number of amides is 4. The minimum absolute atomic E-state index is 0.118. The van der Waals surface area contributed by atoms with E-state index < -0.39 is 35.8 Å². The molecule has 4 N–H and O–H groups in total. The molecule has 110 valence electrons. The van der Waals surface area contributed by atoms with Crippen LogP contribution in [0, 0.1) is 5.92 Å². The molecular weight excluding hydrogens is 268 g/mol. The van der Waals surface area contributed by atoms with Crippen LogP contribution in [-0.4, -0.2) is 70.9 Å². The summed E-state index contributed by atoms with van der Waals surface area (Å²) in [5.74, 6) is -2.47. The zero-order chi connectivity index (χ0) is 14.9. The number of nitrogens with zero attached hydrogens (tertiary/aromatic N) is 2. The van der Waals surface area contributed by atoms with Crippen molar-refractivity contribution in [1.29, 1.82) is 0 Å². The highest BCUT2D eigenvalue weighted by atomic mass is 16.4. The van der Waals surface area contributed by atoms with Crippen molar-refractivity contribution in [3.05, 3.63) is 0 Å². The molecule has 20 heavy (non-hydrogen) atoms. The van der Waals surface area contributed by atoms with Gasteiger partial charge in [0.25, 0.3) is 0 Å². The summed E-state index contributed by atoms with van der Waals surface area (Å²) in [5, 5.41) is 11.5. The van der Waals surface area contributed by atoms with Gasteiger partial charge in [0.2, 0.25) is 11.8 Å². The molecule has 0 saturated carbocycles. The van der Waals surface area contributed by atoms with Gasteiger partial charge < -0.3 is 21.1 Å². The van der Waals surface area contributed by atoms with Crippen LogP contribution in [0.25, 0.3) is 0 Å². The van der Waals surface area contributed by atoms with Crippen LogP contribution in [0.5, 0.6) is 0 Å². The number of primary amides is 1. The van der Waals surface area contributed by atoms with Crippen molar-refractivity contribution >= 4 is 23.8 Å². The molecule has 9 heteroatoms. The molecule has 2 aliphatic heterocycles. The lowest BCUT2D eigenvalue weighted by Crippen LogP contribution is -2.61. The molecule has 2 saturated heterocycles. The Bertz CT molecular complexity index is 466. The lowest BCUT2D eigenvalue weighted by Gasteiger charge is -2.35. The fourth-order valence-corrected chi connectivity index (χ4v) is 2.41. The Labute approximate surface area is 114 Å². The van der Waals surface area contributed by atoms with Gasteiger partial charge in [0, 0.05) is 19.6 Å². The van der Waals surface area contributed by atoms with E-state index in [0.29, 0.717) is 13.0 Å². The van der Waals surface area contributed by atoms with Crippen LogP contribution in [0.2, 0.25) is 0 Å². The number of carbonyl (C=O) groups excluding carboxylic acids is 3. The Hall–Kier alpha value is -2.32. The Morgan fingerprint density at radius 2 is 2.05 bits per heavy atom. The van der Waals surface area contributed by atoms with Crippen molar-refractivity contribution in [3.63, 3.8) is 0 Å². The first-order valence-electron chi connectivity index (χ1n) is 6.24. The van der Waals surface area contributed by atoms with Crippen LogP contribution in [0.1, 0.15) is 6.42 Å². The predicted molar refractivity (Wildman–Crippen MR) is 65.4 cm³/mol. The minimum atomic E-state index is -1.18. The summed E-state index contributed by atoms with van der Waals surface area (Å²) in [6.07, 6.45) is 0.457. The molecule has 2 atom stereocenters. The van der Waals surface area contributed by atoms with E-state index in [1.54, 1.807) is 0 Å². The van der Waals surface area contributed by atoms with Crippen LogP contribution in [-0.2, 0) is 14.4 Å². The summed E-state index contributed by atoms with van der Waals surface area (Å²) >= 11 is 0. The van der Waals surface area contributed by atoms with E-state index in [0.717, 1.165) is 4.90 Å². The number of likely N-dealkylation sites (tertiary alicyclic amines) is 1. The van der Waals surface area contributed by atoms with E-state index in [-0.39, 0.29) is 19.6 Å². The number of piperazine rings is 1. The van der Waals surface area contributed by atoms with Crippen LogP contribution in [0.15, 0.2) is 0 Å². The standard InChI is InChI=1S/C11H16N4O5/c12-9(17)6-1-2-14(4-6)11(20)15-5-8(16)13-3-7(15)10(18)19/h6-7H,1-5H2,(H2,12,17)(H,13,16)(H,18,19). The third-order valence-corrected chi connectivity index (χ3v) is 3.57. The number of hydrogen-bond acceptors (Lipinski definition) is 4. The predicted octanol–water partition coefficient (Wildman–Crippen LogP) is -2.20. The van der Waals surface area contributed by atoms with Gasteiger partial charge in [-0.05, 0) is 6.42 Å². The highest BCUT2D eigenvalue weighted by Crippen LogP contribution is 2.19. The zero-order valence-corrected chi connectivity index (χ0v) is 10.7. The zero-order valence-electron chi connectivity index (χ0n) is 10.7. The molecule has 2 heterocycles. The first-order chi connectivity index (χ1) is 9.40. The van der Waals surface area contributed by atoms with Crippen molar-refractivity contribution in [2.75, 3.05) is 26.2 Å². The van der Waals surface area contributed by atoms with E-state index in [1.807, 2.05) is 0 Å². The third kappa shape index (κ3) is 2.65. The maximum atomic E-state index is 12.3. The average molecular weight is 284 g/mol. The van der Waals surface area contributed by atoms with E-state index in [4.69, 9.17) is 10.8 Å².